The van der Waals surface area contributed by atoms with Gasteiger partial charge in [0.05, 0.1) is 13.5 Å². The van der Waals surface area contributed by atoms with E-state index >= 15 is 0 Å². The Labute approximate surface area is 127 Å². The van der Waals surface area contributed by atoms with E-state index in [-0.39, 0.29) is 5.91 Å². The van der Waals surface area contributed by atoms with Gasteiger partial charge < -0.3 is 15.8 Å². The lowest BCUT2D eigenvalue weighted by atomic mass is 10.1. The molecule has 0 bridgehead atoms. The maximum atomic E-state index is 11.9. The maximum Gasteiger partial charge on any atom is 0.230 e. The van der Waals surface area contributed by atoms with E-state index in [9.17, 15) is 4.79 Å². The van der Waals surface area contributed by atoms with Crippen LogP contribution in [-0.4, -0.2) is 29.8 Å². The van der Waals surface area contributed by atoms with Crippen molar-refractivity contribution in [2.45, 2.75) is 19.3 Å². The number of nitrogens with two attached hydrogens (primary N) is 1. The van der Waals surface area contributed by atoms with Crippen molar-refractivity contribution in [2.75, 3.05) is 19.0 Å². The highest BCUT2D eigenvalue weighted by Gasteiger charge is 2.09. The summed E-state index contributed by atoms with van der Waals surface area (Å²) in [6.07, 6.45) is 1.96. The van der Waals surface area contributed by atoms with Crippen molar-refractivity contribution in [3.63, 3.8) is 0 Å². The summed E-state index contributed by atoms with van der Waals surface area (Å²) in [4.78, 5) is 11.9. The molecule has 1 aromatic carbocycles. The molecular formula is C14H18N4O2S. The Morgan fingerprint density at radius 2 is 2.10 bits per heavy atom. The summed E-state index contributed by atoms with van der Waals surface area (Å²) < 4.78 is 5.08. The summed E-state index contributed by atoms with van der Waals surface area (Å²) in [5.41, 5.74) is 6.37. The van der Waals surface area contributed by atoms with Gasteiger partial charge in [0.15, 0.2) is 0 Å². The Hall–Kier alpha value is -1.99. The monoisotopic (exact) mass is 306 g/mol. The number of benzene rings is 1. The van der Waals surface area contributed by atoms with Gasteiger partial charge in [-0.2, -0.15) is 0 Å². The van der Waals surface area contributed by atoms with E-state index in [1.807, 2.05) is 24.3 Å². The van der Waals surface area contributed by atoms with E-state index in [0.29, 0.717) is 18.1 Å². The molecule has 0 saturated carbocycles. The minimum atomic E-state index is -0.110. The quantitative estimate of drug-likeness (QED) is 0.811. The summed E-state index contributed by atoms with van der Waals surface area (Å²) in [6, 6.07) is 7.40. The van der Waals surface area contributed by atoms with Crippen LogP contribution in [0, 0.1) is 0 Å². The summed E-state index contributed by atoms with van der Waals surface area (Å²) in [6.45, 7) is 0.624. The van der Waals surface area contributed by atoms with Gasteiger partial charge >= 0.3 is 0 Å². The van der Waals surface area contributed by atoms with Crippen molar-refractivity contribution in [3.8, 4) is 5.75 Å². The summed E-state index contributed by atoms with van der Waals surface area (Å²) in [5, 5.41) is 12.1. The van der Waals surface area contributed by atoms with E-state index < -0.39 is 0 Å². The molecule has 0 saturated heterocycles. The molecule has 1 heterocycles. The van der Waals surface area contributed by atoms with Gasteiger partial charge in [-0.1, -0.05) is 23.5 Å². The number of nitrogens with one attached hydrogen (secondary N) is 1. The molecule has 0 aliphatic heterocycles. The van der Waals surface area contributed by atoms with E-state index in [1.165, 1.54) is 11.3 Å². The number of carbonyl (C=O) groups is 1. The summed E-state index contributed by atoms with van der Waals surface area (Å²) in [7, 11) is 1.61. The number of aryl methyl sites for hydroxylation is 1. The van der Waals surface area contributed by atoms with Crippen molar-refractivity contribution < 1.29 is 9.53 Å². The Bertz CT molecular complexity index is 583. The summed E-state index contributed by atoms with van der Waals surface area (Å²) >= 11 is 1.39. The molecule has 0 unspecified atom stereocenters. The van der Waals surface area contributed by atoms with Gasteiger partial charge in [0.1, 0.15) is 10.8 Å². The Morgan fingerprint density at radius 3 is 2.76 bits per heavy atom. The molecule has 0 spiro atoms. The van der Waals surface area contributed by atoms with Crippen LogP contribution in [0.1, 0.15) is 17.0 Å². The minimum absolute atomic E-state index is 0.110. The highest BCUT2D eigenvalue weighted by Crippen LogP contribution is 2.17. The largest absolute Gasteiger partial charge is 0.497 e. The molecule has 6 nitrogen and oxygen atoms in total. The van der Waals surface area contributed by atoms with Gasteiger partial charge in [-0.25, -0.2) is 0 Å². The van der Waals surface area contributed by atoms with Crippen LogP contribution in [0.25, 0.3) is 0 Å². The normalized spacial score (nSPS) is 10.4. The first-order valence-corrected chi connectivity index (χ1v) is 7.48. The molecule has 112 valence electrons. The van der Waals surface area contributed by atoms with E-state index in [0.717, 1.165) is 29.2 Å². The lowest BCUT2D eigenvalue weighted by Crippen LogP contribution is -2.14. The second kappa shape index (κ2) is 7.70. The number of rotatable bonds is 7. The Morgan fingerprint density at radius 1 is 1.33 bits per heavy atom. The standard InChI is InChI=1S/C14H18N4O2S/c1-20-11-6-4-10(5-7-11)9-12(19)16-14-18-17-13(21-14)3-2-8-15/h4-7H,2-3,8-9,15H2,1H3,(H,16,18,19). The van der Waals surface area contributed by atoms with Gasteiger partial charge in [-0.15, -0.1) is 10.2 Å². The zero-order valence-corrected chi connectivity index (χ0v) is 12.7. The van der Waals surface area contributed by atoms with Crippen molar-refractivity contribution in [1.82, 2.24) is 10.2 Å². The second-order valence-corrected chi connectivity index (χ2v) is 5.53. The molecule has 2 aromatic rings. The van der Waals surface area contributed by atoms with E-state index in [4.69, 9.17) is 10.5 Å². The number of aromatic nitrogens is 2. The second-order valence-electron chi connectivity index (χ2n) is 4.47. The zero-order chi connectivity index (χ0) is 15.1. The Balaban J connectivity index is 1.87. The topological polar surface area (TPSA) is 90.1 Å². The van der Waals surface area contributed by atoms with Crippen LogP contribution in [-0.2, 0) is 17.6 Å². The molecular weight excluding hydrogens is 288 g/mol. The molecule has 7 heteroatoms. The van der Waals surface area contributed by atoms with Crippen LogP contribution in [0.15, 0.2) is 24.3 Å². The fraction of sp³-hybridized carbons (Fsp3) is 0.357. The average Bonchev–Trinajstić information content (AvgIpc) is 2.93. The van der Waals surface area contributed by atoms with Crippen LogP contribution in [0.2, 0.25) is 0 Å². The van der Waals surface area contributed by atoms with Gasteiger partial charge in [0, 0.05) is 6.42 Å². The molecule has 21 heavy (non-hydrogen) atoms. The number of amides is 1. The van der Waals surface area contributed by atoms with E-state index in [2.05, 4.69) is 15.5 Å². The zero-order valence-electron chi connectivity index (χ0n) is 11.8. The first-order valence-electron chi connectivity index (χ1n) is 6.66. The molecule has 0 atom stereocenters. The van der Waals surface area contributed by atoms with Crippen LogP contribution in [0.5, 0.6) is 5.75 Å². The number of ether oxygens (including phenoxy) is 1. The number of methoxy groups -OCH3 is 1. The summed E-state index contributed by atoms with van der Waals surface area (Å²) in [5.74, 6) is 0.662. The molecule has 0 fully saturated rings. The van der Waals surface area contributed by atoms with Crippen LogP contribution in [0.4, 0.5) is 5.13 Å². The van der Waals surface area contributed by atoms with Crippen molar-refractivity contribution in [2.24, 2.45) is 5.73 Å². The number of hydrogen-bond acceptors (Lipinski definition) is 6. The first-order chi connectivity index (χ1) is 10.2. The minimum Gasteiger partial charge on any atom is -0.497 e. The third-order valence-corrected chi connectivity index (χ3v) is 3.73. The molecule has 1 aromatic heterocycles. The number of anilines is 1. The van der Waals surface area contributed by atoms with Gasteiger partial charge in [-0.05, 0) is 30.7 Å². The fourth-order valence-electron chi connectivity index (χ4n) is 1.75. The van der Waals surface area contributed by atoms with Gasteiger partial charge in [0.2, 0.25) is 11.0 Å². The molecule has 2 rings (SSSR count). The van der Waals surface area contributed by atoms with Crippen molar-refractivity contribution in [3.05, 3.63) is 34.8 Å². The lowest BCUT2D eigenvalue weighted by Gasteiger charge is -2.03. The van der Waals surface area contributed by atoms with Crippen LogP contribution < -0.4 is 15.8 Å². The fourth-order valence-corrected chi connectivity index (χ4v) is 2.55. The van der Waals surface area contributed by atoms with Crippen LogP contribution >= 0.6 is 11.3 Å². The van der Waals surface area contributed by atoms with Crippen molar-refractivity contribution >= 4 is 22.4 Å². The van der Waals surface area contributed by atoms with Crippen molar-refractivity contribution in [1.29, 1.82) is 0 Å². The third-order valence-electron chi connectivity index (χ3n) is 2.83. The third kappa shape index (κ3) is 4.80. The number of carbonyl (C=O) groups excluding carboxylic acids is 1. The molecule has 0 aliphatic carbocycles. The lowest BCUT2D eigenvalue weighted by molar-refractivity contribution is -0.115. The first kappa shape index (κ1) is 15.4. The smallest absolute Gasteiger partial charge is 0.230 e. The van der Waals surface area contributed by atoms with Gasteiger partial charge in [-0.3, -0.25) is 4.79 Å². The SMILES string of the molecule is COc1ccc(CC(=O)Nc2nnc(CCCN)s2)cc1. The number of nitrogens with zero attached hydrogens (tertiary/aromatic N) is 2. The van der Waals surface area contributed by atoms with E-state index in [1.54, 1.807) is 7.11 Å². The average molecular weight is 306 g/mol. The van der Waals surface area contributed by atoms with Crippen LogP contribution in [0.3, 0.4) is 0 Å². The molecule has 3 N–H and O–H groups in total. The molecule has 0 aliphatic rings. The molecule has 0 radical (unpaired) electrons. The van der Waals surface area contributed by atoms with Gasteiger partial charge in [0.25, 0.3) is 0 Å². The predicted molar refractivity (Wildman–Crippen MR) is 82.6 cm³/mol. The predicted octanol–water partition coefficient (Wildman–Crippen LogP) is 1.62. The highest BCUT2D eigenvalue weighted by atomic mass is 32.1. The maximum absolute atomic E-state index is 11.9. The highest BCUT2D eigenvalue weighted by molar-refractivity contribution is 7.15. The molecule has 1 amide bonds. The Kier molecular flexibility index (Phi) is 5.65. The number of hydrogen-bond donors (Lipinski definition) is 2.